The van der Waals surface area contributed by atoms with E-state index in [1.54, 1.807) is 22.3 Å². The Morgan fingerprint density at radius 3 is 2.61 bits per heavy atom. The van der Waals surface area contributed by atoms with Crippen molar-refractivity contribution in [3.8, 4) is 5.75 Å². The minimum Gasteiger partial charge on any atom is -0.497 e. The molecule has 0 unspecified atom stereocenters. The minimum atomic E-state index is -0.244. The van der Waals surface area contributed by atoms with E-state index in [0.29, 0.717) is 50.0 Å². The maximum Gasteiger partial charge on any atom is 0.323 e. The van der Waals surface area contributed by atoms with Crippen LogP contribution in [0.25, 0.3) is 0 Å². The second kappa shape index (κ2) is 10.8. The second-order valence-corrected chi connectivity index (χ2v) is 8.05. The summed E-state index contributed by atoms with van der Waals surface area (Å²) in [6.45, 7) is 4.08. The van der Waals surface area contributed by atoms with Crippen molar-refractivity contribution >= 4 is 34.3 Å². The van der Waals surface area contributed by atoms with E-state index in [-0.39, 0.29) is 24.3 Å². The van der Waals surface area contributed by atoms with E-state index in [4.69, 9.17) is 4.74 Å². The molecule has 1 aromatic heterocycles. The lowest BCUT2D eigenvalue weighted by Crippen LogP contribution is -2.51. The van der Waals surface area contributed by atoms with Gasteiger partial charge in [-0.05, 0) is 24.1 Å². The standard InChI is InChI=1S/C21H27N5O4S/c1-15(27)25-8-10-26(11-9-25)21(29)24-20-23-17(14-31-20)13-19(28)22-7-6-16-4-3-5-18(12-16)30-2/h3-5,12,14H,6-11,13H2,1-2H3,(H,22,28)(H,23,24,29). The van der Waals surface area contributed by atoms with Crippen molar-refractivity contribution in [2.75, 3.05) is 45.2 Å². The smallest absolute Gasteiger partial charge is 0.323 e. The normalized spacial score (nSPS) is 13.6. The molecule has 0 spiro atoms. The highest BCUT2D eigenvalue weighted by Gasteiger charge is 2.23. The number of benzene rings is 1. The fraction of sp³-hybridized carbons (Fsp3) is 0.429. The fourth-order valence-corrected chi connectivity index (χ4v) is 3.94. The van der Waals surface area contributed by atoms with Gasteiger partial charge in [-0.1, -0.05) is 12.1 Å². The summed E-state index contributed by atoms with van der Waals surface area (Å²) in [5.74, 6) is 0.694. The van der Waals surface area contributed by atoms with Gasteiger partial charge in [0.15, 0.2) is 5.13 Å². The van der Waals surface area contributed by atoms with Crippen molar-refractivity contribution in [3.05, 3.63) is 40.9 Å². The van der Waals surface area contributed by atoms with Crippen molar-refractivity contribution in [3.63, 3.8) is 0 Å². The van der Waals surface area contributed by atoms with Crippen LogP contribution >= 0.6 is 11.3 Å². The summed E-state index contributed by atoms with van der Waals surface area (Å²) < 4.78 is 5.20. The third-order valence-corrected chi connectivity index (χ3v) is 5.80. The number of rotatable bonds is 7. The second-order valence-electron chi connectivity index (χ2n) is 7.20. The minimum absolute atomic E-state index is 0.0198. The first-order chi connectivity index (χ1) is 14.9. The maximum absolute atomic E-state index is 12.4. The molecule has 0 radical (unpaired) electrons. The molecule has 1 aliphatic heterocycles. The lowest BCUT2D eigenvalue weighted by molar-refractivity contribution is -0.130. The Labute approximate surface area is 185 Å². The van der Waals surface area contributed by atoms with Gasteiger partial charge in [0.25, 0.3) is 0 Å². The first kappa shape index (κ1) is 22.5. The molecule has 1 fully saturated rings. The molecular formula is C21H27N5O4S. The number of nitrogens with zero attached hydrogens (tertiary/aromatic N) is 3. The first-order valence-electron chi connectivity index (χ1n) is 10.1. The van der Waals surface area contributed by atoms with E-state index in [0.717, 1.165) is 11.3 Å². The maximum atomic E-state index is 12.4. The van der Waals surface area contributed by atoms with Gasteiger partial charge in [-0.15, -0.1) is 11.3 Å². The van der Waals surface area contributed by atoms with E-state index in [9.17, 15) is 14.4 Å². The van der Waals surface area contributed by atoms with Crippen LogP contribution in [0.1, 0.15) is 18.2 Å². The number of hydrogen-bond acceptors (Lipinski definition) is 6. The average molecular weight is 446 g/mol. The molecule has 0 aliphatic carbocycles. The molecule has 1 aliphatic rings. The van der Waals surface area contributed by atoms with Crippen molar-refractivity contribution in [2.24, 2.45) is 0 Å². The van der Waals surface area contributed by atoms with Gasteiger partial charge in [0.1, 0.15) is 5.75 Å². The van der Waals surface area contributed by atoms with Crippen molar-refractivity contribution in [1.82, 2.24) is 20.1 Å². The molecule has 4 amide bonds. The van der Waals surface area contributed by atoms with Gasteiger partial charge in [-0.25, -0.2) is 9.78 Å². The molecule has 1 aromatic carbocycles. The zero-order valence-corrected chi connectivity index (χ0v) is 18.5. The number of ether oxygens (including phenoxy) is 1. The van der Waals surface area contributed by atoms with E-state index in [1.807, 2.05) is 24.3 Å². The Balaban J connectivity index is 1.40. The molecular weight excluding hydrogens is 418 g/mol. The van der Waals surface area contributed by atoms with Crippen LogP contribution < -0.4 is 15.4 Å². The van der Waals surface area contributed by atoms with Gasteiger partial charge in [0.05, 0.1) is 19.2 Å². The van der Waals surface area contributed by atoms with E-state index in [2.05, 4.69) is 15.6 Å². The monoisotopic (exact) mass is 445 g/mol. The zero-order chi connectivity index (χ0) is 22.2. The number of hydrogen-bond donors (Lipinski definition) is 2. The van der Waals surface area contributed by atoms with Crippen molar-refractivity contribution in [1.29, 1.82) is 0 Å². The van der Waals surface area contributed by atoms with E-state index in [1.165, 1.54) is 18.3 Å². The Bertz CT molecular complexity index is 924. The molecule has 2 aromatic rings. The average Bonchev–Trinajstić information content (AvgIpc) is 3.20. The Morgan fingerprint density at radius 1 is 1.16 bits per heavy atom. The number of nitrogens with one attached hydrogen (secondary N) is 2. The van der Waals surface area contributed by atoms with Gasteiger partial charge in [0, 0.05) is 45.0 Å². The topological polar surface area (TPSA) is 104 Å². The summed E-state index contributed by atoms with van der Waals surface area (Å²) in [5, 5.41) is 7.89. The number of carbonyl (C=O) groups is 3. The van der Waals surface area contributed by atoms with Crippen LogP contribution in [0.5, 0.6) is 5.75 Å². The quantitative estimate of drug-likeness (QED) is 0.676. The highest BCUT2D eigenvalue weighted by molar-refractivity contribution is 7.13. The molecule has 1 saturated heterocycles. The van der Waals surface area contributed by atoms with Crippen LogP contribution in [0, 0.1) is 0 Å². The number of anilines is 1. The Morgan fingerprint density at radius 2 is 1.90 bits per heavy atom. The summed E-state index contributed by atoms with van der Waals surface area (Å²) in [6, 6.07) is 7.50. The summed E-state index contributed by atoms with van der Waals surface area (Å²) in [4.78, 5) is 43.7. The van der Waals surface area contributed by atoms with Gasteiger partial charge in [-0.3, -0.25) is 14.9 Å². The Hall–Kier alpha value is -3.14. The van der Waals surface area contributed by atoms with Crippen molar-refractivity contribution in [2.45, 2.75) is 19.8 Å². The molecule has 9 nitrogen and oxygen atoms in total. The lowest BCUT2D eigenvalue weighted by Gasteiger charge is -2.33. The van der Waals surface area contributed by atoms with E-state index >= 15 is 0 Å². The Kier molecular flexibility index (Phi) is 7.82. The molecule has 3 rings (SSSR count). The summed E-state index contributed by atoms with van der Waals surface area (Å²) in [6.07, 6.45) is 0.861. The molecule has 10 heteroatoms. The number of carbonyl (C=O) groups excluding carboxylic acids is 3. The largest absolute Gasteiger partial charge is 0.497 e. The molecule has 166 valence electrons. The van der Waals surface area contributed by atoms with Crippen LogP contribution in [-0.4, -0.2) is 72.5 Å². The van der Waals surface area contributed by atoms with Crippen LogP contribution in [0.3, 0.4) is 0 Å². The first-order valence-corrected chi connectivity index (χ1v) is 11.0. The van der Waals surface area contributed by atoms with Gasteiger partial charge in [0.2, 0.25) is 11.8 Å². The van der Waals surface area contributed by atoms with Crippen LogP contribution in [0.4, 0.5) is 9.93 Å². The highest BCUT2D eigenvalue weighted by atomic mass is 32.1. The molecule has 2 heterocycles. The SMILES string of the molecule is COc1cccc(CCNC(=O)Cc2csc(NC(=O)N3CCN(C(C)=O)CC3)n2)c1. The summed E-state index contributed by atoms with van der Waals surface area (Å²) >= 11 is 1.29. The predicted molar refractivity (Wildman–Crippen MR) is 118 cm³/mol. The molecule has 2 N–H and O–H groups in total. The highest BCUT2D eigenvalue weighted by Crippen LogP contribution is 2.17. The molecule has 31 heavy (non-hydrogen) atoms. The van der Waals surface area contributed by atoms with Crippen LogP contribution in [-0.2, 0) is 22.4 Å². The fourth-order valence-electron chi connectivity index (χ4n) is 3.24. The van der Waals surface area contributed by atoms with Crippen LogP contribution in [0.15, 0.2) is 29.6 Å². The number of urea groups is 1. The number of aromatic nitrogens is 1. The van der Waals surface area contributed by atoms with Crippen molar-refractivity contribution < 1.29 is 19.1 Å². The van der Waals surface area contributed by atoms with Crippen LogP contribution in [0.2, 0.25) is 0 Å². The number of thiazole rings is 1. The summed E-state index contributed by atoms with van der Waals surface area (Å²) in [5.41, 5.74) is 1.70. The molecule has 0 saturated carbocycles. The predicted octanol–water partition coefficient (Wildman–Crippen LogP) is 1.75. The van der Waals surface area contributed by atoms with Gasteiger partial charge < -0.3 is 19.9 Å². The zero-order valence-electron chi connectivity index (χ0n) is 17.7. The number of amides is 4. The molecule has 0 atom stereocenters. The lowest BCUT2D eigenvalue weighted by atomic mass is 10.1. The number of methoxy groups -OCH3 is 1. The van der Waals surface area contributed by atoms with E-state index < -0.39 is 0 Å². The van der Waals surface area contributed by atoms with Gasteiger partial charge >= 0.3 is 6.03 Å². The third kappa shape index (κ3) is 6.68. The third-order valence-electron chi connectivity index (χ3n) is 4.99. The summed E-state index contributed by atoms with van der Waals surface area (Å²) in [7, 11) is 1.62. The van der Waals surface area contributed by atoms with Gasteiger partial charge in [-0.2, -0.15) is 0 Å². The number of piperazine rings is 1. The molecule has 0 bridgehead atoms.